The molecule has 1 aliphatic carbocycles. The molecule has 2 heterocycles. The fraction of sp³-hybridized carbons (Fsp3) is 0.393. The number of piperidine rings is 1. The monoisotopic (exact) mass is 427 g/mol. The van der Waals surface area contributed by atoms with Gasteiger partial charge in [-0.25, -0.2) is 4.68 Å². The van der Waals surface area contributed by atoms with Crippen LogP contribution in [0, 0.1) is 12.8 Å². The molecule has 2 aromatic carbocycles. The number of likely N-dealkylation sites (tertiary alicyclic amines) is 1. The van der Waals surface area contributed by atoms with Crippen molar-refractivity contribution in [3.63, 3.8) is 0 Å². The van der Waals surface area contributed by atoms with Gasteiger partial charge < -0.3 is 4.90 Å². The molecule has 32 heavy (non-hydrogen) atoms. The van der Waals surface area contributed by atoms with Crippen molar-refractivity contribution in [2.75, 3.05) is 13.1 Å². The second-order valence-electron chi connectivity index (χ2n) is 9.23. The molecule has 0 saturated carbocycles. The van der Waals surface area contributed by atoms with Crippen molar-refractivity contribution in [1.29, 1.82) is 0 Å². The number of allylic oxidation sites excluding steroid dienone is 2. The Hall–Kier alpha value is -3.01. The van der Waals surface area contributed by atoms with Crippen molar-refractivity contribution in [1.82, 2.24) is 14.7 Å². The number of nitrogens with one attached hydrogen (secondary N) is 1. The quantitative estimate of drug-likeness (QED) is 0.561. The van der Waals surface area contributed by atoms with Crippen LogP contribution in [0.3, 0.4) is 0 Å². The molecule has 1 aromatic heterocycles. The summed E-state index contributed by atoms with van der Waals surface area (Å²) in [4.78, 5) is 16.4. The Morgan fingerprint density at radius 2 is 1.59 bits per heavy atom. The fourth-order valence-electron chi connectivity index (χ4n) is 5.69. The third kappa shape index (κ3) is 3.94. The number of para-hydroxylation sites is 1. The van der Waals surface area contributed by atoms with Crippen LogP contribution in [-0.4, -0.2) is 27.8 Å². The summed E-state index contributed by atoms with van der Waals surface area (Å²) in [6.45, 7) is 4.34. The average molecular weight is 428 g/mol. The molecule has 166 valence electrons. The van der Waals surface area contributed by atoms with Crippen LogP contribution in [0.4, 0.5) is 0 Å². The number of aryl methyl sites for hydroxylation is 1. The Morgan fingerprint density at radius 3 is 2.31 bits per heavy atom. The summed E-state index contributed by atoms with van der Waals surface area (Å²) in [5.74, 6) is 0.383. The maximum atomic E-state index is 13.8. The number of hydrogen-bond donors (Lipinski definition) is 1. The summed E-state index contributed by atoms with van der Waals surface area (Å²) in [5.41, 5.74) is 5.55. The second kappa shape index (κ2) is 9.23. The second-order valence-corrected chi connectivity index (χ2v) is 9.23. The van der Waals surface area contributed by atoms with Gasteiger partial charge in [-0.15, -0.1) is 0 Å². The Bertz CT molecular complexity index is 1120. The molecule has 0 bridgehead atoms. The number of H-pyrrole nitrogens is 1. The predicted octanol–water partition coefficient (Wildman–Crippen LogP) is 5.78. The SMILES string of the molecule is Cc1[nH]n(-c2ccccc2)c(=O)c1[C@H](c1ccccc1)[C@@H]1CCCC=C1N1CCCCC1. The Kier molecular flexibility index (Phi) is 6.02. The summed E-state index contributed by atoms with van der Waals surface area (Å²) >= 11 is 0. The van der Waals surface area contributed by atoms with Crippen LogP contribution in [0.25, 0.3) is 5.69 Å². The first-order valence-corrected chi connectivity index (χ1v) is 12.1. The first-order valence-electron chi connectivity index (χ1n) is 12.1. The fourth-order valence-corrected chi connectivity index (χ4v) is 5.69. The zero-order chi connectivity index (χ0) is 21.9. The third-order valence-corrected chi connectivity index (χ3v) is 7.18. The highest BCUT2D eigenvalue weighted by Gasteiger charge is 2.35. The Balaban J connectivity index is 1.63. The molecule has 0 radical (unpaired) electrons. The minimum absolute atomic E-state index is 0.0541. The van der Waals surface area contributed by atoms with E-state index < -0.39 is 0 Å². The number of hydrogen-bond acceptors (Lipinski definition) is 2. The third-order valence-electron chi connectivity index (χ3n) is 7.18. The number of rotatable bonds is 5. The highest BCUT2D eigenvalue weighted by molar-refractivity contribution is 5.40. The molecule has 4 heteroatoms. The van der Waals surface area contributed by atoms with Gasteiger partial charge in [0.25, 0.3) is 5.56 Å². The molecule has 2 atom stereocenters. The molecule has 2 aliphatic rings. The van der Waals surface area contributed by atoms with E-state index in [4.69, 9.17) is 0 Å². The first-order chi connectivity index (χ1) is 15.7. The maximum Gasteiger partial charge on any atom is 0.275 e. The van der Waals surface area contributed by atoms with Gasteiger partial charge in [0.1, 0.15) is 0 Å². The normalized spacial score (nSPS) is 20.1. The summed E-state index contributed by atoms with van der Waals surface area (Å²) < 4.78 is 1.72. The van der Waals surface area contributed by atoms with E-state index in [0.29, 0.717) is 5.92 Å². The van der Waals surface area contributed by atoms with Crippen molar-refractivity contribution in [3.05, 3.63) is 99.6 Å². The van der Waals surface area contributed by atoms with Gasteiger partial charge in [0, 0.05) is 41.9 Å². The number of aromatic amines is 1. The van der Waals surface area contributed by atoms with Crippen LogP contribution in [0.15, 0.2) is 77.2 Å². The topological polar surface area (TPSA) is 41.0 Å². The molecule has 1 N–H and O–H groups in total. The van der Waals surface area contributed by atoms with Crippen LogP contribution in [0.1, 0.15) is 61.3 Å². The van der Waals surface area contributed by atoms with Gasteiger partial charge >= 0.3 is 0 Å². The van der Waals surface area contributed by atoms with Crippen LogP contribution < -0.4 is 5.56 Å². The zero-order valence-corrected chi connectivity index (χ0v) is 19.0. The minimum Gasteiger partial charge on any atom is -0.375 e. The Morgan fingerprint density at radius 1 is 0.906 bits per heavy atom. The average Bonchev–Trinajstić information content (AvgIpc) is 3.15. The lowest BCUT2D eigenvalue weighted by Gasteiger charge is -2.40. The smallest absolute Gasteiger partial charge is 0.275 e. The van der Waals surface area contributed by atoms with Crippen LogP contribution in [0.5, 0.6) is 0 Å². The van der Waals surface area contributed by atoms with Gasteiger partial charge in [0.05, 0.1) is 5.69 Å². The summed E-state index contributed by atoms with van der Waals surface area (Å²) in [6.07, 6.45) is 9.78. The van der Waals surface area contributed by atoms with Crippen molar-refractivity contribution >= 4 is 0 Å². The minimum atomic E-state index is 0.0541. The zero-order valence-electron chi connectivity index (χ0n) is 19.0. The molecule has 3 aromatic rings. The van der Waals surface area contributed by atoms with E-state index in [1.165, 1.54) is 36.9 Å². The molecule has 5 rings (SSSR count). The van der Waals surface area contributed by atoms with E-state index >= 15 is 0 Å². The molecule has 0 amide bonds. The molecule has 0 spiro atoms. The molecule has 1 saturated heterocycles. The first kappa shape index (κ1) is 20.9. The van der Waals surface area contributed by atoms with E-state index in [-0.39, 0.29) is 11.5 Å². The standard InChI is InChI=1S/C28H33N3O/c1-21-26(28(32)31(29-21)23-15-7-3-8-16-23)27(22-13-5-2-6-14-22)24-17-9-10-18-25(24)30-19-11-4-12-20-30/h2-3,5-8,13-16,18,24,27,29H,4,9-12,17,19-20H2,1H3/t24-,27-/m1/s1. The van der Waals surface area contributed by atoms with Crippen LogP contribution in [-0.2, 0) is 0 Å². The predicted molar refractivity (Wildman–Crippen MR) is 130 cm³/mol. The highest BCUT2D eigenvalue weighted by Crippen LogP contribution is 2.43. The lowest BCUT2D eigenvalue weighted by molar-refractivity contribution is 0.234. The van der Waals surface area contributed by atoms with Crippen molar-refractivity contribution in [3.8, 4) is 5.69 Å². The number of benzene rings is 2. The number of nitrogens with zero attached hydrogens (tertiary/aromatic N) is 2. The molecule has 4 nitrogen and oxygen atoms in total. The lowest BCUT2D eigenvalue weighted by Crippen LogP contribution is -2.36. The molecular formula is C28H33N3O. The van der Waals surface area contributed by atoms with Crippen molar-refractivity contribution in [2.45, 2.75) is 51.4 Å². The van der Waals surface area contributed by atoms with Gasteiger partial charge in [-0.2, -0.15) is 0 Å². The van der Waals surface area contributed by atoms with Gasteiger partial charge in [-0.05, 0) is 63.1 Å². The highest BCUT2D eigenvalue weighted by atomic mass is 16.1. The van der Waals surface area contributed by atoms with Gasteiger partial charge in [0.15, 0.2) is 0 Å². The van der Waals surface area contributed by atoms with E-state index in [1.54, 1.807) is 4.68 Å². The molecule has 1 fully saturated rings. The van der Waals surface area contributed by atoms with Gasteiger partial charge in [-0.3, -0.25) is 9.89 Å². The van der Waals surface area contributed by atoms with Crippen molar-refractivity contribution in [2.24, 2.45) is 5.92 Å². The summed E-state index contributed by atoms with van der Waals surface area (Å²) in [6, 6.07) is 20.6. The van der Waals surface area contributed by atoms with Crippen molar-refractivity contribution < 1.29 is 0 Å². The largest absolute Gasteiger partial charge is 0.375 e. The summed E-state index contributed by atoms with van der Waals surface area (Å²) in [7, 11) is 0. The van der Waals surface area contributed by atoms with E-state index in [1.807, 2.05) is 30.3 Å². The summed E-state index contributed by atoms with van der Waals surface area (Å²) in [5, 5.41) is 3.38. The molecule has 1 aliphatic heterocycles. The van der Waals surface area contributed by atoms with E-state index in [9.17, 15) is 4.79 Å². The van der Waals surface area contributed by atoms with E-state index in [0.717, 1.165) is 42.9 Å². The molecular weight excluding hydrogens is 394 g/mol. The van der Waals surface area contributed by atoms with Crippen LogP contribution in [0.2, 0.25) is 0 Å². The Labute approximate surface area is 190 Å². The lowest BCUT2D eigenvalue weighted by atomic mass is 9.74. The molecule has 0 unspecified atom stereocenters. The maximum absolute atomic E-state index is 13.8. The van der Waals surface area contributed by atoms with E-state index in [2.05, 4.69) is 53.3 Å². The van der Waals surface area contributed by atoms with Crippen LogP contribution >= 0.6 is 0 Å². The van der Waals surface area contributed by atoms with Gasteiger partial charge in [0.2, 0.25) is 0 Å². The van der Waals surface area contributed by atoms with Gasteiger partial charge in [-0.1, -0.05) is 54.6 Å². The number of aromatic nitrogens is 2.